The number of hydrogen-bond donors (Lipinski definition) is 1. The molecule has 2 aromatic rings. The zero-order valence-corrected chi connectivity index (χ0v) is 15.1. The average Bonchev–Trinajstić information content (AvgIpc) is 2.48. The predicted molar refractivity (Wildman–Crippen MR) is 94.1 cm³/mol. The number of benzene rings is 2. The summed E-state index contributed by atoms with van der Waals surface area (Å²) < 4.78 is 28.5. The van der Waals surface area contributed by atoms with Crippen LogP contribution in [0.1, 0.15) is 36.1 Å². The van der Waals surface area contributed by atoms with Gasteiger partial charge in [0.05, 0.1) is 5.75 Å². The third-order valence-electron chi connectivity index (χ3n) is 3.48. The zero-order chi connectivity index (χ0) is 16.2. The Kier molecular flexibility index (Phi) is 5.78. The van der Waals surface area contributed by atoms with Crippen molar-refractivity contribution in [3.05, 3.63) is 69.7 Å². The van der Waals surface area contributed by atoms with Gasteiger partial charge in [0.2, 0.25) is 10.0 Å². The fourth-order valence-electron chi connectivity index (χ4n) is 2.24. The summed E-state index contributed by atoms with van der Waals surface area (Å²) in [5.74, 6) is -0.0113. The molecule has 0 aliphatic carbocycles. The van der Waals surface area contributed by atoms with E-state index in [9.17, 15) is 8.42 Å². The molecule has 1 N–H and O–H groups in total. The van der Waals surface area contributed by atoms with Crippen LogP contribution in [0.4, 0.5) is 0 Å². The van der Waals surface area contributed by atoms with E-state index in [4.69, 9.17) is 0 Å². The molecule has 0 aromatic heterocycles. The lowest BCUT2D eigenvalue weighted by atomic mass is 10.0. The van der Waals surface area contributed by atoms with Crippen LogP contribution in [0.2, 0.25) is 0 Å². The summed E-state index contributed by atoms with van der Waals surface area (Å²) in [5.41, 5.74) is 2.93. The molecule has 0 spiro atoms. The minimum absolute atomic E-state index is 0.0113. The number of aryl methyl sites for hydroxylation is 1. The first-order valence-corrected chi connectivity index (χ1v) is 9.65. The normalized spacial score (nSPS) is 13.0. The highest BCUT2D eigenvalue weighted by Gasteiger charge is 2.18. The van der Waals surface area contributed by atoms with Crippen LogP contribution in [0.3, 0.4) is 0 Å². The van der Waals surface area contributed by atoms with Crippen molar-refractivity contribution in [1.29, 1.82) is 0 Å². The molecule has 118 valence electrons. The molecule has 0 bridgehead atoms. The van der Waals surface area contributed by atoms with E-state index in [1.165, 1.54) is 0 Å². The average molecular weight is 382 g/mol. The van der Waals surface area contributed by atoms with Crippen molar-refractivity contribution in [3.63, 3.8) is 0 Å². The Morgan fingerprint density at radius 2 is 1.64 bits per heavy atom. The molecule has 0 radical (unpaired) electrons. The first-order valence-electron chi connectivity index (χ1n) is 7.20. The van der Waals surface area contributed by atoms with Gasteiger partial charge in [-0.25, -0.2) is 13.1 Å². The number of rotatable bonds is 6. The van der Waals surface area contributed by atoms with Crippen molar-refractivity contribution >= 4 is 26.0 Å². The zero-order valence-electron chi connectivity index (χ0n) is 12.7. The molecular weight excluding hydrogens is 362 g/mol. The lowest BCUT2D eigenvalue weighted by Gasteiger charge is -2.18. The molecule has 1 atom stereocenters. The van der Waals surface area contributed by atoms with E-state index < -0.39 is 10.0 Å². The van der Waals surface area contributed by atoms with E-state index >= 15 is 0 Å². The van der Waals surface area contributed by atoms with Gasteiger partial charge in [-0.05, 0) is 36.6 Å². The second-order valence-electron chi connectivity index (χ2n) is 5.37. The predicted octanol–water partition coefficient (Wildman–Crippen LogP) is 4.33. The second-order valence-corrected chi connectivity index (χ2v) is 8.04. The van der Waals surface area contributed by atoms with Crippen molar-refractivity contribution in [1.82, 2.24) is 4.72 Å². The maximum Gasteiger partial charge on any atom is 0.216 e. The molecule has 0 fully saturated rings. The third kappa shape index (κ3) is 4.93. The molecule has 5 heteroatoms. The van der Waals surface area contributed by atoms with Gasteiger partial charge in [0.1, 0.15) is 0 Å². The Bertz CT molecular complexity index is 709. The summed E-state index contributed by atoms with van der Waals surface area (Å²) in [6.45, 7) is 4.00. The smallest absolute Gasteiger partial charge is 0.212 e. The SMILES string of the molecule is CC[C@H](NS(=O)(=O)Cc1ccc(Br)cc1)c1ccc(C)cc1. The lowest BCUT2D eigenvalue weighted by Crippen LogP contribution is -2.29. The first kappa shape index (κ1) is 17.2. The summed E-state index contributed by atoms with van der Waals surface area (Å²) >= 11 is 3.35. The highest BCUT2D eigenvalue weighted by atomic mass is 79.9. The van der Waals surface area contributed by atoms with Crippen LogP contribution < -0.4 is 4.72 Å². The minimum atomic E-state index is -3.38. The van der Waals surface area contributed by atoms with Crippen LogP contribution in [0, 0.1) is 6.92 Å². The fraction of sp³-hybridized carbons (Fsp3) is 0.294. The second kappa shape index (κ2) is 7.40. The van der Waals surface area contributed by atoms with E-state index in [0.29, 0.717) is 6.42 Å². The molecular formula is C17H20BrNO2S. The Morgan fingerprint density at radius 3 is 2.18 bits per heavy atom. The maximum absolute atomic E-state index is 12.4. The summed E-state index contributed by atoms with van der Waals surface area (Å²) in [6, 6.07) is 15.1. The van der Waals surface area contributed by atoms with Crippen LogP contribution in [0.5, 0.6) is 0 Å². The molecule has 0 aliphatic heterocycles. The Labute approximate surface area is 140 Å². The number of sulfonamides is 1. The van der Waals surface area contributed by atoms with Crippen molar-refractivity contribution in [2.75, 3.05) is 0 Å². The van der Waals surface area contributed by atoms with Crippen molar-refractivity contribution in [3.8, 4) is 0 Å². The van der Waals surface area contributed by atoms with Gasteiger partial charge in [0, 0.05) is 10.5 Å². The largest absolute Gasteiger partial charge is 0.216 e. The standard InChI is InChI=1S/C17H20BrNO2S/c1-3-17(15-8-4-13(2)5-9-15)19-22(20,21)12-14-6-10-16(18)11-7-14/h4-11,17,19H,3,12H2,1-2H3/t17-/m0/s1. The number of nitrogens with one attached hydrogen (secondary N) is 1. The van der Waals surface area contributed by atoms with Crippen LogP contribution in [-0.4, -0.2) is 8.42 Å². The molecule has 0 heterocycles. The molecule has 2 aromatic carbocycles. The molecule has 0 amide bonds. The van der Waals surface area contributed by atoms with Gasteiger partial charge >= 0.3 is 0 Å². The summed E-state index contributed by atoms with van der Waals surface area (Å²) in [6.07, 6.45) is 0.711. The first-order chi connectivity index (χ1) is 10.4. The van der Waals surface area contributed by atoms with Gasteiger partial charge in [0.15, 0.2) is 0 Å². The summed E-state index contributed by atoms with van der Waals surface area (Å²) in [4.78, 5) is 0. The summed E-state index contributed by atoms with van der Waals surface area (Å²) in [7, 11) is -3.38. The van der Waals surface area contributed by atoms with Crippen LogP contribution in [0.15, 0.2) is 53.0 Å². The van der Waals surface area contributed by atoms with Gasteiger partial charge in [-0.15, -0.1) is 0 Å². The van der Waals surface area contributed by atoms with Crippen LogP contribution in [0.25, 0.3) is 0 Å². The molecule has 0 aliphatic rings. The number of hydrogen-bond acceptors (Lipinski definition) is 2. The van der Waals surface area contributed by atoms with E-state index in [2.05, 4.69) is 20.7 Å². The third-order valence-corrected chi connectivity index (χ3v) is 5.37. The van der Waals surface area contributed by atoms with E-state index in [1.54, 1.807) is 0 Å². The monoisotopic (exact) mass is 381 g/mol. The summed E-state index contributed by atoms with van der Waals surface area (Å²) in [5, 5.41) is 0. The quantitative estimate of drug-likeness (QED) is 0.809. The lowest BCUT2D eigenvalue weighted by molar-refractivity contribution is 0.549. The molecule has 0 saturated carbocycles. The fourth-order valence-corrected chi connectivity index (χ4v) is 3.96. The molecule has 0 saturated heterocycles. The van der Waals surface area contributed by atoms with E-state index in [1.807, 2.05) is 62.4 Å². The Hall–Kier alpha value is -1.17. The van der Waals surface area contributed by atoms with Gasteiger partial charge in [-0.1, -0.05) is 64.8 Å². The van der Waals surface area contributed by atoms with Crippen LogP contribution >= 0.6 is 15.9 Å². The van der Waals surface area contributed by atoms with Gasteiger partial charge in [0.25, 0.3) is 0 Å². The highest BCUT2D eigenvalue weighted by molar-refractivity contribution is 9.10. The van der Waals surface area contributed by atoms with Gasteiger partial charge < -0.3 is 0 Å². The van der Waals surface area contributed by atoms with Gasteiger partial charge in [-0.3, -0.25) is 0 Å². The highest BCUT2D eigenvalue weighted by Crippen LogP contribution is 2.20. The maximum atomic E-state index is 12.4. The van der Waals surface area contributed by atoms with E-state index in [-0.39, 0.29) is 11.8 Å². The van der Waals surface area contributed by atoms with Crippen molar-refractivity contribution in [2.45, 2.75) is 32.1 Å². The van der Waals surface area contributed by atoms with Crippen LogP contribution in [-0.2, 0) is 15.8 Å². The molecule has 0 unspecified atom stereocenters. The van der Waals surface area contributed by atoms with Crippen molar-refractivity contribution in [2.24, 2.45) is 0 Å². The minimum Gasteiger partial charge on any atom is -0.212 e. The molecule has 3 nitrogen and oxygen atoms in total. The van der Waals surface area contributed by atoms with Gasteiger partial charge in [-0.2, -0.15) is 0 Å². The van der Waals surface area contributed by atoms with Crippen molar-refractivity contribution < 1.29 is 8.42 Å². The topological polar surface area (TPSA) is 46.2 Å². The molecule has 2 rings (SSSR count). The Balaban J connectivity index is 2.11. The van der Waals surface area contributed by atoms with E-state index in [0.717, 1.165) is 21.2 Å². The molecule has 22 heavy (non-hydrogen) atoms. The number of halogens is 1. The Morgan fingerprint density at radius 1 is 1.05 bits per heavy atom.